The van der Waals surface area contributed by atoms with Crippen molar-refractivity contribution in [3.63, 3.8) is 0 Å². The van der Waals surface area contributed by atoms with Crippen molar-refractivity contribution < 1.29 is 0 Å². The highest BCUT2D eigenvalue weighted by molar-refractivity contribution is 5.34. The van der Waals surface area contributed by atoms with E-state index in [2.05, 4.69) is 37.6 Å². The maximum Gasteiger partial charge on any atom is 0.300 e. The van der Waals surface area contributed by atoms with Crippen LogP contribution >= 0.6 is 0 Å². The molecule has 0 amide bonds. The Labute approximate surface area is 158 Å². The van der Waals surface area contributed by atoms with Gasteiger partial charge in [0.15, 0.2) is 0 Å². The van der Waals surface area contributed by atoms with Crippen molar-refractivity contribution in [1.82, 2.24) is 19.6 Å². The summed E-state index contributed by atoms with van der Waals surface area (Å²) >= 11 is 0. The summed E-state index contributed by atoms with van der Waals surface area (Å²) < 4.78 is 0. The van der Waals surface area contributed by atoms with Crippen molar-refractivity contribution in [3.05, 3.63) is 22.9 Å². The monoisotopic (exact) mass is 356 g/mol. The molecule has 0 aromatic carbocycles. The average molecular weight is 357 g/mol. The zero-order valence-corrected chi connectivity index (χ0v) is 16.2. The molecule has 0 radical (unpaired) electrons. The number of hydrogen-bond donors (Lipinski definition) is 0. The summed E-state index contributed by atoms with van der Waals surface area (Å²) in [6.45, 7) is 16.1. The molecule has 0 aromatic heterocycles. The quantitative estimate of drug-likeness (QED) is 0.558. The molecule has 0 spiro atoms. The topological polar surface area (TPSA) is 41.1 Å². The van der Waals surface area contributed by atoms with Crippen LogP contribution < -0.4 is 0 Å². The van der Waals surface area contributed by atoms with E-state index in [0.717, 1.165) is 64.4 Å². The summed E-state index contributed by atoms with van der Waals surface area (Å²) in [6.07, 6.45) is 7.39. The van der Waals surface area contributed by atoms with E-state index in [-0.39, 0.29) is 5.70 Å². The lowest BCUT2D eigenvalue weighted by atomic mass is 10.0. The molecule has 0 aliphatic carbocycles. The Bertz CT molecular complexity index is 556. The lowest BCUT2D eigenvalue weighted by Gasteiger charge is -2.37. The van der Waals surface area contributed by atoms with Gasteiger partial charge in [-0.25, -0.2) is 10.1 Å². The molecule has 6 heteroatoms. The summed E-state index contributed by atoms with van der Waals surface area (Å²) in [5.41, 5.74) is 0.277. The molecular weight excluding hydrogens is 324 g/mol. The van der Waals surface area contributed by atoms with Gasteiger partial charge in [-0.3, -0.25) is 0 Å². The molecular formula is C20H32N6. The van der Waals surface area contributed by atoms with E-state index >= 15 is 0 Å². The van der Waals surface area contributed by atoms with Crippen LogP contribution in [0.15, 0.2) is 11.5 Å². The van der Waals surface area contributed by atoms with Gasteiger partial charge < -0.3 is 19.6 Å². The minimum Gasteiger partial charge on any atom is -0.365 e. The van der Waals surface area contributed by atoms with Crippen LogP contribution in [-0.2, 0) is 0 Å². The second kappa shape index (κ2) is 9.26. The average Bonchev–Trinajstić information content (AvgIpc) is 3.08. The van der Waals surface area contributed by atoms with E-state index in [1.165, 1.54) is 32.4 Å². The predicted octanol–water partition coefficient (Wildman–Crippen LogP) is 2.19. The Kier molecular flexibility index (Phi) is 6.77. The van der Waals surface area contributed by atoms with E-state index in [0.29, 0.717) is 6.04 Å². The van der Waals surface area contributed by atoms with Gasteiger partial charge in [-0.05, 0) is 71.9 Å². The standard InChI is InChI=1S/C20H32N6/c1-22-19(17-21)20-25(12-6-11-24-9-4-3-5-10-24)15-16-26(20)18-7-13-23(2)14-8-18/h18H,3-16H2,2H3/b20-19+. The first-order chi connectivity index (χ1) is 12.7. The number of nitriles is 1. The fraction of sp³-hybridized carbons (Fsp3) is 0.800. The molecule has 0 saturated carbocycles. The molecule has 3 fully saturated rings. The van der Waals surface area contributed by atoms with Crippen molar-refractivity contribution in [3.8, 4) is 6.07 Å². The van der Waals surface area contributed by atoms with Gasteiger partial charge in [-0.1, -0.05) is 6.42 Å². The number of rotatable bonds is 5. The molecule has 0 atom stereocenters. The van der Waals surface area contributed by atoms with Crippen molar-refractivity contribution in [1.29, 1.82) is 5.26 Å². The van der Waals surface area contributed by atoms with Crippen molar-refractivity contribution in [2.24, 2.45) is 0 Å². The molecule has 0 unspecified atom stereocenters. The maximum absolute atomic E-state index is 9.50. The number of nitrogens with zero attached hydrogens (tertiary/aromatic N) is 6. The van der Waals surface area contributed by atoms with Gasteiger partial charge in [0.1, 0.15) is 5.82 Å². The van der Waals surface area contributed by atoms with Gasteiger partial charge in [-0.2, -0.15) is 0 Å². The first-order valence-corrected chi connectivity index (χ1v) is 10.2. The summed E-state index contributed by atoms with van der Waals surface area (Å²) in [7, 11) is 2.17. The molecule has 3 rings (SSSR count). The van der Waals surface area contributed by atoms with Crippen LogP contribution in [-0.4, -0.2) is 85.0 Å². The summed E-state index contributed by atoms with van der Waals surface area (Å²) in [4.78, 5) is 13.2. The third-order valence-corrected chi connectivity index (χ3v) is 6.09. The van der Waals surface area contributed by atoms with E-state index in [1.807, 2.05) is 0 Å². The lowest BCUT2D eigenvalue weighted by Crippen LogP contribution is -2.42. The van der Waals surface area contributed by atoms with Gasteiger partial charge in [0.25, 0.3) is 0 Å². The first kappa shape index (κ1) is 19.0. The lowest BCUT2D eigenvalue weighted by molar-refractivity contribution is 0.156. The van der Waals surface area contributed by atoms with Crippen LogP contribution in [0, 0.1) is 17.9 Å². The molecule has 3 heterocycles. The van der Waals surface area contributed by atoms with Gasteiger partial charge in [-0.15, -0.1) is 0 Å². The summed E-state index contributed by atoms with van der Waals surface area (Å²) in [5, 5.41) is 9.50. The van der Waals surface area contributed by atoms with Crippen molar-refractivity contribution in [2.45, 2.75) is 44.6 Å². The van der Waals surface area contributed by atoms with Crippen LogP contribution in [0.5, 0.6) is 0 Å². The highest BCUT2D eigenvalue weighted by atomic mass is 15.4. The molecule has 0 bridgehead atoms. The minimum atomic E-state index is 0.277. The van der Waals surface area contributed by atoms with Gasteiger partial charge in [0.2, 0.25) is 0 Å². The molecule has 26 heavy (non-hydrogen) atoms. The second-order valence-electron chi connectivity index (χ2n) is 7.87. The zero-order chi connectivity index (χ0) is 18.4. The predicted molar refractivity (Wildman–Crippen MR) is 103 cm³/mol. The number of hydrogen-bond acceptors (Lipinski definition) is 5. The highest BCUT2D eigenvalue weighted by Crippen LogP contribution is 2.29. The Balaban J connectivity index is 1.62. The first-order valence-electron chi connectivity index (χ1n) is 10.2. The smallest absolute Gasteiger partial charge is 0.300 e. The summed E-state index contributed by atoms with van der Waals surface area (Å²) in [5.74, 6) is 0.913. The van der Waals surface area contributed by atoms with Crippen LogP contribution in [0.3, 0.4) is 0 Å². The Morgan fingerprint density at radius 3 is 2.46 bits per heavy atom. The molecule has 0 N–H and O–H groups in total. The fourth-order valence-corrected chi connectivity index (χ4v) is 4.58. The molecule has 0 aromatic rings. The van der Waals surface area contributed by atoms with E-state index < -0.39 is 0 Å². The molecule has 3 aliphatic rings. The number of allylic oxidation sites excluding steroid dienone is 1. The Morgan fingerprint density at radius 1 is 1.08 bits per heavy atom. The van der Waals surface area contributed by atoms with Crippen LogP contribution in [0.2, 0.25) is 0 Å². The molecule has 3 aliphatic heterocycles. The molecule has 142 valence electrons. The minimum absolute atomic E-state index is 0.277. The van der Waals surface area contributed by atoms with Gasteiger partial charge >= 0.3 is 5.70 Å². The normalized spacial score (nSPS) is 25.2. The Morgan fingerprint density at radius 2 is 1.81 bits per heavy atom. The van der Waals surface area contributed by atoms with Crippen LogP contribution in [0.25, 0.3) is 4.85 Å². The Hall–Kier alpha value is -1.76. The molecule has 6 nitrogen and oxygen atoms in total. The largest absolute Gasteiger partial charge is 0.365 e. The number of likely N-dealkylation sites (tertiary alicyclic amines) is 2. The van der Waals surface area contributed by atoms with E-state index in [9.17, 15) is 5.26 Å². The SMILES string of the molecule is [C-]#[N+]/C(C#N)=C1\N(CCCN2CCCCC2)CCN1C1CCN(C)CC1. The van der Waals surface area contributed by atoms with Crippen molar-refractivity contribution in [2.75, 3.05) is 59.4 Å². The second-order valence-corrected chi connectivity index (χ2v) is 7.87. The van der Waals surface area contributed by atoms with Crippen molar-refractivity contribution >= 4 is 0 Å². The van der Waals surface area contributed by atoms with E-state index in [4.69, 9.17) is 6.57 Å². The highest BCUT2D eigenvalue weighted by Gasteiger charge is 2.34. The van der Waals surface area contributed by atoms with Gasteiger partial charge in [0, 0.05) is 25.7 Å². The zero-order valence-electron chi connectivity index (χ0n) is 16.2. The van der Waals surface area contributed by atoms with Crippen LogP contribution in [0.1, 0.15) is 38.5 Å². The third kappa shape index (κ3) is 4.50. The van der Waals surface area contributed by atoms with E-state index in [1.54, 1.807) is 0 Å². The summed E-state index contributed by atoms with van der Waals surface area (Å²) in [6, 6.07) is 2.63. The maximum atomic E-state index is 9.50. The molecule has 3 saturated heterocycles. The van der Waals surface area contributed by atoms with Crippen LogP contribution in [0.4, 0.5) is 0 Å². The fourth-order valence-electron chi connectivity index (χ4n) is 4.58. The number of piperidine rings is 2. The third-order valence-electron chi connectivity index (χ3n) is 6.09. The van der Waals surface area contributed by atoms with Gasteiger partial charge in [0.05, 0.1) is 12.6 Å².